The van der Waals surface area contributed by atoms with Gasteiger partial charge < -0.3 is 46.4 Å². The molecule has 0 spiro atoms. The maximum absolute atomic E-state index is 5.25. The number of benzene rings is 2. The maximum atomic E-state index is 5.25. The van der Waals surface area contributed by atoms with E-state index in [4.69, 9.17) is 15.0 Å². The fourth-order valence-corrected chi connectivity index (χ4v) is 6.55. The topological polar surface area (TPSA) is 48.5 Å². The number of aromatic nitrogens is 5. The normalized spacial score (nSPS) is 16.0. The summed E-state index contributed by atoms with van der Waals surface area (Å²) in [5.41, 5.74) is 6.44. The van der Waals surface area contributed by atoms with Crippen molar-refractivity contribution in [1.82, 2.24) is 24.1 Å². The van der Waals surface area contributed by atoms with Crippen LogP contribution < -0.4 is 37.2 Å². The summed E-state index contributed by atoms with van der Waals surface area (Å²) in [6, 6.07) is 24.5. The average molecular weight is 638 g/mol. The molecule has 0 saturated heterocycles. The molecule has 0 bridgehead atoms. The summed E-state index contributed by atoms with van der Waals surface area (Å²) in [7, 11) is 0. The van der Waals surface area contributed by atoms with Crippen LogP contribution in [0.3, 0.4) is 0 Å². The molecule has 5 aromatic rings. The van der Waals surface area contributed by atoms with Crippen LogP contribution in [-0.2, 0) is 17.1 Å². The van der Waals surface area contributed by atoms with Crippen LogP contribution in [0, 0.1) is 0 Å². The molecule has 2 aromatic carbocycles. The SMILES string of the molecule is [Cl-].[Cl-].[Cl-].[Fe+3].c1cc(-c2nc3ccccc3n2C2CCCCC2)nc(-c2nc3ccccc3n2C2CCCCC2)c1. The van der Waals surface area contributed by atoms with Crippen molar-refractivity contribution in [2.45, 2.75) is 76.3 Å². The van der Waals surface area contributed by atoms with Gasteiger partial charge in [-0.05, 0) is 62.1 Å². The van der Waals surface area contributed by atoms with Gasteiger partial charge in [-0.3, -0.25) is 0 Å². The van der Waals surface area contributed by atoms with Gasteiger partial charge in [-0.2, -0.15) is 0 Å². The Hall–Kier alpha value is -2.08. The Morgan fingerprint density at radius 2 is 0.875 bits per heavy atom. The fraction of sp³-hybridized carbons (Fsp3) is 0.387. The van der Waals surface area contributed by atoms with Gasteiger partial charge in [0.1, 0.15) is 11.4 Å². The third-order valence-electron chi connectivity index (χ3n) is 8.28. The second kappa shape index (κ2) is 14.2. The number of imidazole rings is 2. The van der Waals surface area contributed by atoms with Crippen molar-refractivity contribution in [2.75, 3.05) is 0 Å². The van der Waals surface area contributed by atoms with E-state index in [-0.39, 0.29) is 54.3 Å². The first-order valence-electron chi connectivity index (χ1n) is 13.8. The molecule has 7 rings (SSSR count). The van der Waals surface area contributed by atoms with Gasteiger partial charge in [-0.15, -0.1) is 0 Å². The first kappa shape index (κ1) is 32.4. The van der Waals surface area contributed by atoms with Crippen molar-refractivity contribution in [3.8, 4) is 23.0 Å². The number of hydrogen-bond donors (Lipinski definition) is 0. The molecule has 2 aliphatic rings. The number of halogens is 3. The zero-order valence-corrected chi connectivity index (χ0v) is 25.7. The Labute approximate surface area is 265 Å². The Morgan fingerprint density at radius 3 is 1.30 bits per heavy atom. The number of hydrogen-bond acceptors (Lipinski definition) is 3. The summed E-state index contributed by atoms with van der Waals surface area (Å²) in [6.45, 7) is 0. The summed E-state index contributed by atoms with van der Waals surface area (Å²) in [6.07, 6.45) is 12.7. The van der Waals surface area contributed by atoms with Crippen LogP contribution >= 0.6 is 0 Å². The van der Waals surface area contributed by atoms with Gasteiger partial charge in [0.15, 0.2) is 11.6 Å². The van der Waals surface area contributed by atoms with Crippen LogP contribution in [0.1, 0.15) is 76.3 Å². The van der Waals surface area contributed by atoms with Gasteiger partial charge in [-0.1, -0.05) is 68.9 Å². The van der Waals surface area contributed by atoms with Crippen molar-refractivity contribution in [3.63, 3.8) is 0 Å². The molecule has 1 radical (unpaired) electrons. The fourth-order valence-electron chi connectivity index (χ4n) is 6.55. The van der Waals surface area contributed by atoms with E-state index in [0.717, 1.165) is 34.1 Å². The maximum Gasteiger partial charge on any atom is 3.00 e. The molecule has 2 fully saturated rings. The van der Waals surface area contributed by atoms with E-state index in [2.05, 4.69) is 75.9 Å². The summed E-state index contributed by atoms with van der Waals surface area (Å²) in [5.74, 6) is 1.98. The van der Waals surface area contributed by atoms with E-state index in [1.54, 1.807) is 0 Å². The summed E-state index contributed by atoms with van der Waals surface area (Å²) < 4.78 is 4.95. The van der Waals surface area contributed by atoms with Crippen molar-refractivity contribution in [1.29, 1.82) is 0 Å². The van der Waals surface area contributed by atoms with Gasteiger partial charge in [-0.25, -0.2) is 15.0 Å². The minimum atomic E-state index is 0. The molecule has 2 saturated carbocycles. The Bertz CT molecular complexity index is 1430. The Morgan fingerprint density at radius 1 is 0.475 bits per heavy atom. The molecule has 211 valence electrons. The number of fused-ring (bicyclic) bond motifs is 2. The third-order valence-corrected chi connectivity index (χ3v) is 8.28. The quantitative estimate of drug-likeness (QED) is 0.241. The first-order valence-corrected chi connectivity index (χ1v) is 13.8. The Kier molecular flexibility index (Phi) is 11.5. The average Bonchev–Trinajstić information content (AvgIpc) is 3.53. The molecule has 5 nitrogen and oxygen atoms in total. The van der Waals surface area contributed by atoms with Gasteiger partial charge in [0, 0.05) is 12.1 Å². The monoisotopic (exact) mass is 636 g/mol. The standard InChI is InChI=1S/C31H33N5.3ClH.Fe/c1-3-12-22(13-4-1)35-28-20-9-7-16-24(28)33-30(35)26-18-11-19-27(32-26)31-34-25-17-8-10-21-29(25)36(31)23-14-5-2-6-15-23;;;;/h7-11,16-23H,1-6,12-15H2;3*1H;/q;;;;+3/p-3. The second-order valence-electron chi connectivity index (χ2n) is 10.6. The molecule has 40 heavy (non-hydrogen) atoms. The van der Waals surface area contributed by atoms with Crippen molar-refractivity contribution >= 4 is 22.1 Å². The predicted octanol–water partition coefficient (Wildman–Crippen LogP) is -0.865. The van der Waals surface area contributed by atoms with Gasteiger partial charge >= 0.3 is 17.1 Å². The summed E-state index contributed by atoms with van der Waals surface area (Å²) in [5, 5.41) is 0. The molecule has 2 aliphatic carbocycles. The molecular formula is C31H33Cl3FeN5. The summed E-state index contributed by atoms with van der Waals surface area (Å²) >= 11 is 0. The van der Waals surface area contributed by atoms with E-state index >= 15 is 0 Å². The smallest absolute Gasteiger partial charge is 1.00 e. The minimum Gasteiger partial charge on any atom is -1.00 e. The minimum absolute atomic E-state index is 0. The number of nitrogens with zero attached hydrogens (tertiary/aromatic N) is 5. The Balaban J connectivity index is 0.00000110. The van der Waals surface area contributed by atoms with Crippen LogP contribution in [0.25, 0.3) is 45.1 Å². The number of rotatable bonds is 4. The van der Waals surface area contributed by atoms with Crippen LogP contribution in [0.2, 0.25) is 0 Å². The van der Waals surface area contributed by atoms with E-state index in [0.29, 0.717) is 12.1 Å². The van der Waals surface area contributed by atoms with Gasteiger partial charge in [0.05, 0.1) is 22.1 Å². The number of para-hydroxylation sites is 4. The third kappa shape index (κ3) is 5.93. The van der Waals surface area contributed by atoms with Gasteiger partial charge in [0.25, 0.3) is 0 Å². The zero-order chi connectivity index (χ0) is 23.9. The summed E-state index contributed by atoms with van der Waals surface area (Å²) in [4.78, 5) is 15.5. The molecule has 0 aliphatic heterocycles. The van der Waals surface area contributed by atoms with E-state index in [1.807, 2.05) is 0 Å². The second-order valence-corrected chi connectivity index (χ2v) is 10.6. The molecule has 3 heterocycles. The first-order chi connectivity index (χ1) is 17.9. The zero-order valence-electron chi connectivity index (χ0n) is 22.3. The predicted molar refractivity (Wildman–Crippen MR) is 146 cm³/mol. The van der Waals surface area contributed by atoms with E-state index in [9.17, 15) is 0 Å². The van der Waals surface area contributed by atoms with Crippen molar-refractivity contribution in [3.05, 3.63) is 66.7 Å². The van der Waals surface area contributed by atoms with Crippen molar-refractivity contribution in [2.24, 2.45) is 0 Å². The largest absolute Gasteiger partial charge is 3.00 e. The molecule has 0 N–H and O–H groups in total. The molecule has 0 amide bonds. The molecule has 0 atom stereocenters. The van der Waals surface area contributed by atoms with Crippen LogP contribution in [0.5, 0.6) is 0 Å². The van der Waals surface area contributed by atoms with E-state index in [1.165, 1.54) is 75.2 Å². The van der Waals surface area contributed by atoms with E-state index < -0.39 is 0 Å². The number of pyridine rings is 1. The molecule has 9 heteroatoms. The van der Waals surface area contributed by atoms with Gasteiger partial charge in [0.2, 0.25) is 0 Å². The van der Waals surface area contributed by atoms with Crippen LogP contribution in [0.15, 0.2) is 66.7 Å². The molecule has 3 aromatic heterocycles. The van der Waals surface area contributed by atoms with Crippen LogP contribution in [-0.4, -0.2) is 24.1 Å². The van der Waals surface area contributed by atoms with Crippen molar-refractivity contribution < 1.29 is 54.3 Å². The van der Waals surface area contributed by atoms with Crippen LogP contribution in [0.4, 0.5) is 0 Å². The molecular weight excluding hydrogens is 605 g/mol. The molecule has 0 unspecified atom stereocenters.